The van der Waals surface area contributed by atoms with Crippen molar-refractivity contribution in [2.75, 3.05) is 19.6 Å². The molecule has 0 aromatic heterocycles. The van der Waals surface area contributed by atoms with Crippen LogP contribution in [-0.2, 0) is 0 Å². The summed E-state index contributed by atoms with van der Waals surface area (Å²) in [6, 6.07) is 0.976. The van der Waals surface area contributed by atoms with Crippen molar-refractivity contribution >= 4 is 0 Å². The van der Waals surface area contributed by atoms with Crippen molar-refractivity contribution in [1.29, 1.82) is 0 Å². The van der Waals surface area contributed by atoms with Crippen LogP contribution in [0.5, 0.6) is 0 Å². The highest BCUT2D eigenvalue weighted by molar-refractivity contribution is 4.87. The van der Waals surface area contributed by atoms with Crippen molar-refractivity contribution in [3.63, 3.8) is 0 Å². The highest BCUT2D eigenvalue weighted by atomic mass is 15.2. The normalized spacial score (nSPS) is 27.8. The minimum Gasteiger partial charge on any atom is -0.330 e. The Bertz CT molecular complexity index is 135. The third kappa shape index (κ3) is 1.99. The molecule has 2 rings (SSSR count). The van der Waals surface area contributed by atoms with E-state index < -0.39 is 0 Å². The maximum Gasteiger partial charge on any atom is 0.00964 e. The van der Waals surface area contributed by atoms with Gasteiger partial charge in [-0.15, -0.1) is 0 Å². The summed E-state index contributed by atoms with van der Waals surface area (Å²) in [5, 5.41) is 0. The van der Waals surface area contributed by atoms with Gasteiger partial charge in [-0.25, -0.2) is 0 Å². The van der Waals surface area contributed by atoms with E-state index in [0.29, 0.717) is 0 Å². The molecule has 0 bridgehead atoms. The van der Waals surface area contributed by atoms with Gasteiger partial charge in [0.15, 0.2) is 0 Å². The third-order valence-corrected chi connectivity index (χ3v) is 3.29. The standard InChI is InChI=1S/C10H20N2/c11-6-3-9-4-7-12(8-5-9)10-1-2-10/h9-10H,1-8,11H2. The Labute approximate surface area is 75.1 Å². The summed E-state index contributed by atoms with van der Waals surface area (Å²) in [6.07, 6.45) is 6.96. The summed E-state index contributed by atoms with van der Waals surface area (Å²) in [5.41, 5.74) is 5.55. The van der Waals surface area contributed by atoms with Gasteiger partial charge in [0.1, 0.15) is 0 Å². The molecule has 2 nitrogen and oxygen atoms in total. The van der Waals surface area contributed by atoms with E-state index in [1.165, 1.54) is 45.2 Å². The van der Waals surface area contributed by atoms with Crippen LogP contribution < -0.4 is 5.73 Å². The molecule has 0 spiro atoms. The van der Waals surface area contributed by atoms with E-state index in [1.807, 2.05) is 0 Å². The lowest BCUT2D eigenvalue weighted by molar-refractivity contribution is 0.172. The first-order chi connectivity index (χ1) is 5.90. The fourth-order valence-corrected chi connectivity index (χ4v) is 2.28. The zero-order chi connectivity index (χ0) is 8.39. The number of nitrogens with zero attached hydrogens (tertiary/aromatic N) is 1. The monoisotopic (exact) mass is 168 g/mol. The zero-order valence-electron chi connectivity index (χ0n) is 7.84. The molecule has 2 fully saturated rings. The van der Waals surface area contributed by atoms with Crippen LogP contribution in [0.2, 0.25) is 0 Å². The highest BCUT2D eigenvalue weighted by Crippen LogP contribution is 2.31. The van der Waals surface area contributed by atoms with Crippen molar-refractivity contribution in [3.8, 4) is 0 Å². The van der Waals surface area contributed by atoms with Crippen LogP contribution in [0.1, 0.15) is 32.1 Å². The molecule has 0 aromatic rings. The second-order valence-corrected chi connectivity index (χ2v) is 4.29. The van der Waals surface area contributed by atoms with Crippen LogP contribution in [0.25, 0.3) is 0 Å². The Balaban J connectivity index is 1.69. The summed E-state index contributed by atoms with van der Waals surface area (Å²) in [6.45, 7) is 3.57. The van der Waals surface area contributed by atoms with Crippen molar-refractivity contribution < 1.29 is 0 Å². The minimum atomic E-state index is 0.883. The summed E-state index contributed by atoms with van der Waals surface area (Å²) in [5.74, 6) is 0.935. The SMILES string of the molecule is NCCC1CCN(C2CC2)CC1. The Morgan fingerprint density at radius 1 is 1.08 bits per heavy atom. The zero-order valence-corrected chi connectivity index (χ0v) is 7.84. The number of piperidine rings is 1. The summed E-state index contributed by atoms with van der Waals surface area (Å²) in [7, 11) is 0. The molecule has 2 N–H and O–H groups in total. The van der Waals surface area contributed by atoms with E-state index in [0.717, 1.165) is 18.5 Å². The molecule has 12 heavy (non-hydrogen) atoms. The van der Waals surface area contributed by atoms with Crippen molar-refractivity contribution in [2.24, 2.45) is 11.7 Å². The highest BCUT2D eigenvalue weighted by Gasteiger charge is 2.31. The Morgan fingerprint density at radius 3 is 2.25 bits per heavy atom. The Kier molecular flexibility index (Phi) is 2.66. The first-order valence-electron chi connectivity index (χ1n) is 5.34. The molecule has 1 heterocycles. The molecule has 0 amide bonds. The maximum atomic E-state index is 5.55. The lowest BCUT2D eigenvalue weighted by Crippen LogP contribution is -2.35. The number of hydrogen-bond acceptors (Lipinski definition) is 2. The van der Waals surface area contributed by atoms with E-state index in [9.17, 15) is 0 Å². The molecule has 1 aliphatic heterocycles. The fraction of sp³-hybridized carbons (Fsp3) is 1.00. The van der Waals surface area contributed by atoms with Crippen molar-refractivity contribution in [3.05, 3.63) is 0 Å². The van der Waals surface area contributed by atoms with Gasteiger partial charge in [-0.05, 0) is 57.7 Å². The van der Waals surface area contributed by atoms with Gasteiger partial charge in [-0.3, -0.25) is 0 Å². The minimum absolute atomic E-state index is 0.883. The molecule has 0 unspecified atom stereocenters. The molecule has 0 radical (unpaired) electrons. The predicted molar refractivity (Wildman–Crippen MR) is 51.0 cm³/mol. The van der Waals surface area contributed by atoms with Crippen LogP contribution in [0.4, 0.5) is 0 Å². The van der Waals surface area contributed by atoms with Gasteiger partial charge < -0.3 is 10.6 Å². The van der Waals surface area contributed by atoms with E-state index in [2.05, 4.69) is 4.90 Å². The molecule has 1 saturated carbocycles. The first kappa shape index (κ1) is 8.52. The molecule has 0 atom stereocenters. The maximum absolute atomic E-state index is 5.55. The Morgan fingerprint density at radius 2 is 1.75 bits per heavy atom. The van der Waals surface area contributed by atoms with Crippen LogP contribution in [-0.4, -0.2) is 30.6 Å². The largest absolute Gasteiger partial charge is 0.330 e. The van der Waals surface area contributed by atoms with E-state index in [1.54, 1.807) is 0 Å². The predicted octanol–water partition coefficient (Wildman–Crippen LogP) is 1.21. The molecular formula is C10H20N2. The summed E-state index contributed by atoms with van der Waals surface area (Å²) >= 11 is 0. The number of rotatable bonds is 3. The van der Waals surface area contributed by atoms with Gasteiger partial charge in [-0.2, -0.15) is 0 Å². The molecule has 1 saturated heterocycles. The van der Waals surface area contributed by atoms with Crippen molar-refractivity contribution in [2.45, 2.75) is 38.1 Å². The number of hydrogen-bond donors (Lipinski definition) is 1. The molecule has 0 aromatic carbocycles. The Hall–Kier alpha value is -0.0800. The van der Waals surface area contributed by atoms with Crippen LogP contribution >= 0.6 is 0 Å². The van der Waals surface area contributed by atoms with Gasteiger partial charge in [0.25, 0.3) is 0 Å². The molecule has 1 aliphatic carbocycles. The second-order valence-electron chi connectivity index (χ2n) is 4.29. The molecule has 70 valence electrons. The summed E-state index contributed by atoms with van der Waals surface area (Å²) in [4.78, 5) is 2.67. The molecular weight excluding hydrogens is 148 g/mol. The lowest BCUT2D eigenvalue weighted by Gasteiger charge is -2.31. The number of nitrogens with two attached hydrogens (primary N) is 1. The van der Waals surface area contributed by atoms with Gasteiger partial charge in [0, 0.05) is 6.04 Å². The van der Waals surface area contributed by atoms with Gasteiger partial charge >= 0.3 is 0 Å². The molecule has 2 heteroatoms. The van der Waals surface area contributed by atoms with Crippen LogP contribution in [0.15, 0.2) is 0 Å². The van der Waals surface area contributed by atoms with Gasteiger partial charge in [0.05, 0.1) is 0 Å². The molecule has 2 aliphatic rings. The average Bonchev–Trinajstić information content (AvgIpc) is 2.89. The van der Waals surface area contributed by atoms with E-state index >= 15 is 0 Å². The first-order valence-corrected chi connectivity index (χ1v) is 5.34. The van der Waals surface area contributed by atoms with E-state index in [-0.39, 0.29) is 0 Å². The van der Waals surface area contributed by atoms with E-state index in [4.69, 9.17) is 5.73 Å². The topological polar surface area (TPSA) is 29.3 Å². The van der Waals surface area contributed by atoms with Crippen LogP contribution in [0.3, 0.4) is 0 Å². The van der Waals surface area contributed by atoms with Crippen LogP contribution in [0, 0.1) is 5.92 Å². The van der Waals surface area contributed by atoms with Gasteiger partial charge in [-0.1, -0.05) is 0 Å². The average molecular weight is 168 g/mol. The number of likely N-dealkylation sites (tertiary alicyclic amines) is 1. The fourth-order valence-electron chi connectivity index (χ4n) is 2.28. The quantitative estimate of drug-likeness (QED) is 0.686. The van der Waals surface area contributed by atoms with Gasteiger partial charge in [0.2, 0.25) is 0 Å². The smallest absolute Gasteiger partial charge is 0.00964 e. The summed E-state index contributed by atoms with van der Waals surface area (Å²) < 4.78 is 0. The second kappa shape index (κ2) is 3.75. The third-order valence-electron chi connectivity index (χ3n) is 3.29. The van der Waals surface area contributed by atoms with Crippen molar-refractivity contribution in [1.82, 2.24) is 4.90 Å². The lowest BCUT2D eigenvalue weighted by atomic mass is 9.93.